The lowest BCUT2D eigenvalue weighted by atomic mass is 9.88. The third-order valence-electron chi connectivity index (χ3n) is 5.99. The van der Waals surface area contributed by atoms with Gasteiger partial charge in [-0.05, 0) is 23.3 Å². The largest absolute Gasteiger partial charge is 0.340 e. The highest BCUT2D eigenvalue weighted by atomic mass is 32.2. The molecule has 0 atom stereocenters. The second-order valence-electron chi connectivity index (χ2n) is 8.04. The van der Waals surface area contributed by atoms with Crippen LogP contribution in [0.2, 0.25) is 0 Å². The van der Waals surface area contributed by atoms with E-state index in [1.54, 1.807) is 4.90 Å². The number of carbonyl (C=O) groups is 1. The van der Waals surface area contributed by atoms with Crippen LogP contribution in [0.4, 0.5) is 13.2 Å². The van der Waals surface area contributed by atoms with E-state index in [1.165, 1.54) is 0 Å². The van der Waals surface area contributed by atoms with Gasteiger partial charge in [0.25, 0.3) is 0 Å². The van der Waals surface area contributed by atoms with E-state index in [0.29, 0.717) is 12.1 Å². The van der Waals surface area contributed by atoms with Crippen molar-refractivity contribution >= 4 is 15.9 Å². The molecule has 1 amide bonds. The maximum atomic E-state index is 14.1. The van der Waals surface area contributed by atoms with Crippen LogP contribution in [0.1, 0.15) is 23.5 Å². The van der Waals surface area contributed by atoms with Gasteiger partial charge in [0.2, 0.25) is 15.9 Å². The van der Waals surface area contributed by atoms with E-state index in [4.69, 9.17) is 0 Å². The normalized spacial score (nSPS) is 15.0. The molecule has 0 N–H and O–H groups in total. The van der Waals surface area contributed by atoms with Gasteiger partial charge in [-0.1, -0.05) is 60.7 Å². The van der Waals surface area contributed by atoms with Gasteiger partial charge < -0.3 is 4.90 Å². The van der Waals surface area contributed by atoms with E-state index >= 15 is 0 Å². The molecule has 1 heterocycles. The summed E-state index contributed by atoms with van der Waals surface area (Å²) in [7, 11) is -4.38. The van der Waals surface area contributed by atoms with Gasteiger partial charge in [0, 0.05) is 38.5 Å². The van der Waals surface area contributed by atoms with Crippen molar-refractivity contribution in [2.24, 2.45) is 0 Å². The summed E-state index contributed by atoms with van der Waals surface area (Å²) in [5.41, 5.74) is 1.99. The lowest BCUT2D eigenvalue weighted by Gasteiger charge is -2.35. The van der Waals surface area contributed by atoms with Gasteiger partial charge in [0.1, 0.15) is 4.90 Å². The monoisotopic (exact) mass is 488 g/mol. The maximum absolute atomic E-state index is 14.1. The first-order valence-electron chi connectivity index (χ1n) is 10.8. The molecule has 0 spiro atoms. The Hall–Kier alpha value is -3.17. The molecule has 0 bridgehead atoms. The first kappa shape index (κ1) is 24.0. The van der Waals surface area contributed by atoms with Crippen LogP contribution in [-0.4, -0.2) is 49.7 Å². The highest BCUT2D eigenvalue weighted by Gasteiger charge is 2.34. The average molecular weight is 489 g/mol. The van der Waals surface area contributed by atoms with Crippen molar-refractivity contribution in [3.05, 3.63) is 101 Å². The number of benzene rings is 3. The summed E-state index contributed by atoms with van der Waals surface area (Å²) in [5, 5.41) is 0. The van der Waals surface area contributed by atoms with Gasteiger partial charge in [-0.2, -0.15) is 4.31 Å². The predicted octanol–water partition coefficient (Wildman–Crippen LogP) is 4.16. The Morgan fingerprint density at radius 2 is 1.29 bits per heavy atom. The van der Waals surface area contributed by atoms with E-state index in [9.17, 15) is 26.4 Å². The molecule has 0 saturated carbocycles. The molecule has 0 unspecified atom stereocenters. The van der Waals surface area contributed by atoms with E-state index in [1.807, 2.05) is 60.7 Å². The summed E-state index contributed by atoms with van der Waals surface area (Å²) in [6.45, 7) is 0.0705. The maximum Gasteiger partial charge on any atom is 0.246 e. The Morgan fingerprint density at radius 3 is 1.82 bits per heavy atom. The molecular formula is C25H23F3N2O3S. The lowest BCUT2D eigenvalue weighted by Crippen LogP contribution is -2.50. The molecular weight excluding hydrogens is 465 g/mol. The van der Waals surface area contributed by atoms with Crippen molar-refractivity contribution < 1.29 is 26.4 Å². The van der Waals surface area contributed by atoms with Gasteiger partial charge in [-0.15, -0.1) is 0 Å². The fraction of sp³-hybridized carbons (Fsp3) is 0.240. The third-order valence-corrected chi connectivity index (χ3v) is 7.91. The number of carbonyl (C=O) groups excluding carboxylic acids is 1. The third kappa shape index (κ3) is 4.85. The number of sulfonamides is 1. The highest BCUT2D eigenvalue weighted by molar-refractivity contribution is 7.89. The number of rotatable bonds is 6. The first-order chi connectivity index (χ1) is 16.3. The molecule has 1 saturated heterocycles. The minimum Gasteiger partial charge on any atom is -0.340 e. The zero-order chi connectivity index (χ0) is 24.3. The molecule has 1 aliphatic rings. The number of piperazine rings is 1. The number of hydrogen-bond donors (Lipinski definition) is 0. The SMILES string of the molecule is O=C(CC(c1ccccc1)c1ccccc1)N1CCN(S(=O)(=O)c2ccc(F)c(F)c2F)CC1. The summed E-state index contributed by atoms with van der Waals surface area (Å²) in [6, 6.07) is 20.6. The molecule has 3 aromatic carbocycles. The van der Waals surface area contributed by atoms with Crippen LogP contribution in [0.15, 0.2) is 77.7 Å². The van der Waals surface area contributed by atoms with E-state index in [0.717, 1.165) is 15.4 Å². The summed E-state index contributed by atoms with van der Waals surface area (Å²) < 4.78 is 67.4. The molecule has 9 heteroatoms. The van der Waals surface area contributed by atoms with Gasteiger partial charge >= 0.3 is 0 Å². The summed E-state index contributed by atoms with van der Waals surface area (Å²) in [5.74, 6) is -5.32. The van der Waals surface area contributed by atoms with Crippen LogP contribution < -0.4 is 0 Å². The minimum atomic E-state index is -4.38. The fourth-order valence-electron chi connectivity index (χ4n) is 4.13. The Balaban J connectivity index is 1.46. The van der Waals surface area contributed by atoms with Crippen LogP contribution >= 0.6 is 0 Å². The van der Waals surface area contributed by atoms with Gasteiger partial charge in [0.05, 0.1) is 0 Å². The number of halogens is 3. The van der Waals surface area contributed by atoms with E-state index < -0.39 is 32.4 Å². The van der Waals surface area contributed by atoms with Gasteiger partial charge in [-0.25, -0.2) is 21.6 Å². The summed E-state index contributed by atoms with van der Waals surface area (Å²) in [6.07, 6.45) is 0.207. The van der Waals surface area contributed by atoms with Crippen LogP contribution in [0.5, 0.6) is 0 Å². The molecule has 4 rings (SSSR count). The van der Waals surface area contributed by atoms with Gasteiger partial charge in [-0.3, -0.25) is 4.79 Å². The molecule has 0 aromatic heterocycles. The van der Waals surface area contributed by atoms with Crippen molar-refractivity contribution in [2.45, 2.75) is 17.2 Å². The minimum absolute atomic E-state index is 0.0755. The molecule has 1 fully saturated rings. The number of hydrogen-bond acceptors (Lipinski definition) is 3. The van der Waals surface area contributed by atoms with Crippen molar-refractivity contribution in [1.82, 2.24) is 9.21 Å². The van der Waals surface area contributed by atoms with Crippen molar-refractivity contribution in [3.8, 4) is 0 Å². The van der Waals surface area contributed by atoms with Crippen LogP contribution in [0, 0.1) is 17.5 Å². The highest BCUT2D eigenvalue weighted by Crippen LogP contribution is 2.29. The number of amides is 1. The predicted molar refractivity (Wildman–Crippen MR) is 121 cm³/mol. The molecule has 0 radical (unpaired) electrons. The molecule has 0 aliphatic carbocycles. The Morgan fingerprint density at radius 1 is 0.765 bits per heavy atom. The standard InChI is InChI=1S/C25H23F3N2O3S/c26-21-11-12-22(25(28)24(21)27)34(32,33)30-15-13-29(14-16-30)23(31)17-20(18-7-3-1-4-8-18)19-9-5-2-6-10-19/h1-12,20H,13-17H2. The topological polar surface area (TPSA) is 57.7 Å². The van der Waals surface area contributed by atoms with Crippen molar-refractivity contribution in [2.75, 3.05) is 26.2 Å². The van der Waals surface area contributed by atoms with Crippen LogP contribution in [0.25, 0.3) is 0 Å². The molecule has 3 aromatic rings. The van der Waals surface area contributed by atoms with Crippen LogP contribution in [0.3, 0.4) is 0 Å². The van der Waals surface area contributed by atoms with Crippen LogP contribution in [-0.2, 0) is 14.8 Å². The van der Waals surface area contributed by atoms with E-state index in [-0.39, 0.29) is 44.4 Å². The average Bonchev–Trinajstić information content (AvgIpc) is 2.86. The Labute approximate surface area is 196 Å². The Kier molecular flexibility index (Phi) is 7.04. The first-order valence-corrected chi connectivity index (χ1v) is 12.2. The molecule has 178 valence electrons. The lowest BCUT2D eigenvalue weighted by molar-refractivity contribution is -0.132. The zero-order valence-electron chi connectivity index (χ0n) is 18.2. The summed E-state index contributed by atoms with van der Waals surface area (Å²) in [4.78, 5) is 13.8. The Bertz CT molecular complexity index is 1220. The second kappa shape index (κ2) is 9.99. The smallest absolute Gasteiger partial charge is 0.246 e. The van der Waals surface area contributed by atoms with Crippen molar-refractivity contribution in [3.63, 3.8) is 0 Å². The summed E-state index contributed by atoms with van der Waals surface area (Å²) >= 11 is 0. The van der Waals surface area contributed by atoms with E-state index in [2.05, 4.69) is 0 Å². The molecule has 34 heavy (non-hydrogen) atoms. The second-order valence-corrected chi connectivity index (χ2v) is 9.94. The van der Waals surface area contributed by atoms with Crippen molar-refractivity contribution in [1.29, 1.82) is 0 Å². The number of nitrogens with zero attached hydrogens (tertiary/aromatic N) is 2. The quantitative estimate of drug-likeness (QED) is 0.490. The zero-order valence-corrected chi connectivity index (χ0v) is 19.0. The molecule has 1 aliphatic heterocycles. The van der Waals surface area contributed by atoms with Gasteiger partial charge in [0.15, 0.2) is 17.5 Å². The fourth-order valence-corrected chi connectivity index (χ4v) is 5.61. The molecule has 5 nitrogen and oxygen atoms in total.